The maximum absolute atomic E-state index is 12.1. The van der Waals surface area contributed by atoms with Crippen LogP contribution in [0, 0.1) is 0 Å². The Balaban J connectivity index is 3.25. The lowest BCUT2D eigenvalue weighted by Gasteiger charge is -2.28. The minimum Gasteiger partial charge on any atom is -0.465 e. The van der Waals surface area contributed by atoms with Gasteiger partial charge in [0.2, 0.25) is 0 Å². The van der Waals surface area contributed by atoms with Crippen LogP contribution in [0.4, 0.5) is 0 Å². The standard InChI is InChI=1S/C13H16Cl2O3/c1-3-18-12(17)13(2,6-7-16)10-8-9(14)4-5-11(10)15/h4-5,8,16H,3,6-7H2,1-2H3. The number of halogens is 2. The van der Waals surface area contributed by atoms with Gasteiger partial charge in [-0.2, -0.15) is 0 Å². The zero-order valence-corrected chi connectivity index (χ0v) is 11.9. The van der Waals surface area contributed by atoms with Gasteiger partial charge in [-0.25, -0.2) is 0 Å². The Hall–Kier alpha value is -0.770. The van der Waals surface area contributed by atoms with Crippen molar-refractivity contribution < 1.29 is 14.6 Å². The number of carbonyl (C=O) groups is 1. The first-order chi connectivity index (χ1) is 8.45. The molecule has 0 fully saturated rings. The summed E-state index contributed by atoms with van der Waals surface area (Å²) in [4.78, 5) is 12.1. The molecule has 0 radical (unpaired) electrons. The molecule has 1 N–H and O–H groups in total. The Labute approximate surface area is 117 Å². The quantitative estimate of drug-likeness (QED) is 0.847. The van der Waals surface area contributed by atoms with Crippen LogP contribution in [0.3, 0.4) is 0 Å². The monoisotopic (exact) mass is 290 g/mol. The maximum atomic E-state index is 12.1. The van der Waals surface area contributed by atoms with Crippen LogP contribution in [0.5, 0.6) is 0 Å². The first kappa shape index (κ1) is 15.3. The second-order valence-electron chi connectivity index (χ2n) is 4.15. The molecule has 1 rings (SSSR count). The number of hydrogen-bond acceptors (Lipinski definition) is 3. The highest BCUT2D eigenvalue weighted by Crippen LogP contribution is 2.35. The molecule has 0 aliphatic rings. The molecule has 1 unspecified atom stereocenters. The minimum absolute atomic E-state index is 0.141. The fourth-order valence-electron chi connectivity index (χ4n) is 1.78. The van der Waals surface area contributed by atoms with Crippen LogP contribution in [-0.2, 0) is 14.9 Å². The molecule has 0 aromatic heterocycles. The molecule has 0 saturated heterocycles. The van der Waals surface area contributed by atoms with Crippen molar-refractivity contribution in [1.82, 2.24) is 0 Å². The van der Waals surface area contributed by atoms with Crippen molar-refractivity contribution >= 4 is 29.2 Å². The summed E-state index contributed by atoms with van der Waals surface area (Å²) in [5.41, 5.74) is -0.420. The average molecular weight is 291 g/mol. The molecule has 1 atom stereocenters. The summed E-state index contributed by atoms with van der Waals surface area (Å²) in [6.07, 6.45) is 0.228. The summed E-state index contributed by atoms with van der Waals surface area (Å²) in [5, 5.41) is 10.1. The molecule has 1 aromatic carbocycles. The Morgan fingerprint density at radius 2 is 2.11 bits per heavy atom. The van der Waals surface area contributed by atoms with Gasteiger partial charge < -0.3 is 9.84 Å². The molecule has 0 aliphatic heterocycles. The van der Waals surface area contributed by atoms with Crippen LogP contribution < -0.4 is 0 Å². The first-order valence-corrected chi connectivity index (χ1v) is 6.45. The number of hydrogen-bond donors (Lipinski definition) is 1. The van der Waals surface area contributed by atoms with Crippen LogP contribution in [0.1, 0.15) is 25.8 Å². The topological polar surface area (TPSA) is 46.5 Å². The predicted octanol–water partition coefficient (Wildman–Crippen LogP) is 3.20. The molecule has 0 amide bonds. The summed E-state index contributed by atoms with van der Waals surface area (Å²) in [6.45, 7) is 3.56. The smallest absolute Gasteiger partial charge is 0.316 e. The van der Waals surface area contributed by atoms with E-state index in [1.165, 1.54) is 0 Å². The Bertz CT molecular complexity index is 434. The van der Waals surface area contributed by atoms with E-state index >= 15 is 0 Å². The van der Waals surface area contributed by atoms with Crippen LogP contribution >= 0.6 is 23.2 Å². The van der Waals surface area contributed by atoms with E-state index in [1.54, 1.807) is 32.0 Å². The van der Waals surface area contributed by atoms with Gasteiger partial charge in [0, 0.05) is 16.7 Å². The van der Waals surface area contributed by atoms with Gasteiger partial charge in [-0.05, 0) is 44.0 Å². The molecule has 100 valence electrons. The second kappa shape index (κ2) is 6.41. The maximum Gasteiger partial charge on any atom is 0.316 e. The third-order valence-corrected chi connectivity index (χ3v) is 3.43. The number of esters is 1. The molecule has 0 saturated carbocycles. The molecule has 0 aliphatic carbocycles. The Morgan fingerprint density at radius 3 is 2.67 bits per heavy atom. The zero-order chi connectivity index (χ0) is 13.8. The number of rotatable bonds is 5. The Kier molecular flexibility index (Phi) is 5.45. The van der Waals surface area contributed by atoms with Crippen LogP contribution in [0.15, 0.2) is 18.2 Å². The highest BCUT2D eigenvalue weighted by molar-refractivity contribution is 6.34. The number of aliphatic hydroxyl groups is 1. The summed E-state index contributed by atoms with van der Waals surface area (Å²) < 4.78 is 5.06. The van der Waals surface area contributed by atoms with E-state index in [-0.39, 0.29) is 19.6 Å². The van der Waals surface area contributed by atoms with E-state index < -0.39 is 11.4 Å². The van der Waals surface area contributed by atoms with E-state index in [9.17, 15) is 4.79 Å². The number of aliphatic hydroxyl groups excluding tert-OH is 1. The van der Waals surface area contributed by atoms with Gasteiger partial charge in [-0.3, -0.25) is 4.79 Å². The van der Waals surface area contributed by atoms with Gasteiger partial charge in [-0.15, -0.1) is 0 Å². The molecule has 0 heterocycles. The first-order valence-electron chi connectivity index (χ1n) is 5.69. The average Bonchev–Trinajstić information content (AvgIpc) is 2.32. The normalized spacial score (nSPS) is 14.1. The molecule has 0 bridgehead atoms. The number of carbonyl (C=O) groups excluding carboxylic acids is 1. The van der Waals surface area contributed by atoms with Crippen molar-refractivity contribution in [1.29, 1.82) is 0 Å². The lowest BCUT2D eigenvalue weighted by atomic mass is 9.79. The van der Waals surface area contributed by atoms with E-state index in [0.29, 0.717) is 15.6 Å². The SMILES string of the molecule is CCOC(=O)C(C)(CCO)c1cc(Cl)ccc1Cl. The summed E-state index contributed by atoms with van der Waals surface area (Å²) in [6, 6.07) is 4.92. The van der Waals surface area contributed by atoms with E-state index in [0.717, 1.165) is 0 Å². The van der Waals surface area contributed by atoms with Gasteiger partial charge >= 0.3 is 5.97 Å². The third-order valence-electron chi connectivity index (χ3n) is 2.86. The highest BCUT2D eigenvalue weighted by atomic mass is 35.5. The summed E-state index contributed by atoms with van der Waals surface area (Å²) >= 11 is 12.0. The van der Waals surface area contributed by atoms with Crippen LogP contribution in [-0.4, -0.2) is 24.3 Å². The van der Waals surface area contributed by atoms with Crippen molar-refractivity contribution in [3.05, 3.63) is 33.8 Å². The van der Waals surface area contributed by atoms with Crippen molar-refractivity contribution in [2.75, 3.05) is 13.2 Å². The fourth-order valence-corrected chi connectivity index (χ4v) is 2.28. The highest BCUT2D eigenvalue weighted by Gasteiger charge is 2.38. The number of benzene rings is 1. The van der Waals surface area contributed by atoms with Crippen LogP contribution in [0.25, 0.3) is 0 Å². The van der Waals surface area contributed by atoms with E-state index in [2.05, 4.69) is 0 Å². The van der Waals surface area contributed by atoms with Gasteiger partial charge in [0.05, 0.1) is 12.0 Å². The lowest BCUT2D eigenvalue weighted by molar-refractivity contribution is -0.150. The van der Waals surface area contributed by atoms with Gasteiger partial charge in [0.1, 0.15) is 0 Å². The summed E-state index contributed by atoms with van der Waals surface area (Å²) in [7, 11) is 0. The van der Waals surface area contributed by atoms with E-state index in [4.69, 9.17) is 33.0 Å². The fraction of sp³-hybridized carbons (Fsp3) is 0.462. The van der Waals surface area contributed by atoms with E-state index in [1.807, 2.05) is 0 Å². The molecule has 18 heavy (non-hydrogen) atoms. The van der Waals surface area contributed by atoms with Gasteiger partial charge in [0.25, 0.3) is 0 Å². The minimum atomic E-state index is -0.993. The van der Waals surface area contributed by atoms with Crippen molar-refractivity contribution in [3.63, 3.8) is 0 Å². The van der Waals surface area contributed by atoms with Crippen molar-refractivity contribution in [2.45, 2.75) is 25.7 Å². The molecule has 1 aromatic rings. The molecular weight excluding hydrogens is 275 g/mol. The largest absolute Gasteiger partial charge is 0.465 e. The molecule has 5 heteroatoms. The second-order valence-corrected chi connectivity index (χ2v) is 4.99. The van der Waals surface area contributed by atoms with Crippen molar-refractivity contribution in [2.24, 2.45) is 0 Å². The predicted molar refractivity (Wildman–Crippen MR) is 72.1 cm³/mol. The molecular formula is C13H16Cl2O3. The summed E-state index contributed by atoms with van der Waals surface area (Å²) in [5.74, 6) is -0.414. The zero-order valence-electron chi connectivity index (χ0n) is 10.4. The Morgan fingerprint density at radius 1 is 1.44 bits per heavy atom. The number of ether oxygens (including phenoxy) is 1. The molecule has 3 nitrogen and oxygen atoms in total. The lowest BCUT2D eigenvalue weighted by Crippen LogP contribution is -2.35. The van der Waals surface area contributed by atoms with Gasteiger partial charge in [-0.1, -0.05) is 23.2 Å². The van der Waals surface area contributed by atoms with Crippen molar-refractivity contribution in [3.8, 4) is 0 Å². The van der Waals surface area contributed by atoms with Crippen LogP contribution in [0.2, 0.25) is 10.0 Å². The third kappa shape index (κ3) is 3.16. The molecule has 0 spiro atoms. The van der Waals surface area contributed by atoms with Gasteiger partial charge in [0.15, 0.2) is 0 Å².